The molecule has 1 fully saturated rings. The van der Waals surface area contributed by atoms with Crippen molar-refractivity contribution in [1.82, 2.24) is 9.47 Å². The molecule has 2 heterocycles. The average molecular weight is 299 g/mol. The summed E-state index contributed by atoms with van der Waals surface area (Å²) >= 11 is 0. The number of aryl methyl sites for hydroxylation is 1. The summed E-state index contributed by atoms with van der Waals surface area (Å²) in [5.74, 6) is 1.22. The summed E-state index contributed by atoms with van der Waals surface area (Å²) in [4.78, 5) is 2.55. The summed E-state index contributed by atoms with van der Waals surface area (Å²) in [7, 11) is 0. The van der Waals surface area contributed by atoms with Crippen LogP contribution in [-0.4, -0.2) is 35.6 Å². The predicted octanol–water partition coefficient (Wildman–Crippen LogP) is 3.44. The maximum absolute atomic E-state index is 6.22. The van der Waals surface area contributed by atoms with Crippen molar-refractivity contribution in [3.63, 3.8) is 0 Å². The van der Waals surface area contributed by atoms with E-state index in [2.05, 4.69) is 53.8 Å². The molecule has 0 spiro atoms. The molecule has 22 heavy (non-hydrogen) atoms. The van der Waals surface area contributed by atoms with E-state index in [0.29, 0.717) is 5.92 Å². The van der Waals surface area contributed by atoms with Gasteiger partial charge in [-0.15, -0.1) is 0 Å². The molecule has 3 heteroatoms. The Kier molecular flexibility index (Phi) is 4.84. The normalized spacial score (nSPS) is 18.9. The Balaban J connectivity index is 1.91. The van der Waals surface area contributed by atoms with E-state index < -0.39 is 0 Å². The molecule has 1 atom stereocenters. The van der Waals surface area contributed by atoms with Gasteiger partial charge in [0.15, 0.2) is 0 Å². The van der Waals surface area contributed by atoms with E-state index in [0.717, 1.165) is 19.0 Å². The summed E-state index contributed by atoms with van der Waals surface area (Å²) < 4.78 is 2.37. The zero-order valence-electron chi connectivity index (χ0n) is 14.0. The molecule has 1 unspecified atom stereocenters. The molecular formula is C19H29N3. The average Bonchev–Trinajstić information content (AvgIpc) is 2.95. The van der Waals surface area contributed by atoms with Crippen LogP contribution < -0.4 is 5.73 Å². The SMILES string of the molecule is CCN1CCC(C(CN)c2cn(CC)c3ccccc23)CC1. The lowest BCUT2D eigenvalue weighted by Crippen LogP contribution is -2.36. The van der Waals surface area contributed by atoms with Crippen LogP contribution in [0.4, 0.5) is 0 Å². The lowest BCUT2D eigenvalue weighted by molar-refractivity contribution is 0.176. The molecule has 120 valence electrons. The highest BCUT2D eigenvalue weighted by Gasteiger charge is 2.28. The standard InChI is InChI=1S/C19H29N3/c1-3-21-11-9-15(10-12-21)17(13-20)18-14-22(4-2)19-8-6-5-7-16(18)19/h5-8,14-15,17H,3-4,9-13,20H2,1-2H3. The number of hydrogen-bond donors (Lipinski definition) is 1. The number of benzene rings is 1. The largest absolute Gasteiger partial charge is 0.347 e. The smallest absolute Gasteiger partial charge is 0.0483 e. The van der Waals surface area contributed by atoms with Crippen LogP contribution >= 0.6 is 0 Å². The number of nitrogens with two attached hydrogens (primary N) is 1. The fourth-order valence-electron chi connectivity index (χ4n) is 4.08. The van der Waals surface area contributed by atoms with Gasteiger partial charge >= 0.3 is 0 Å². The summed E-state index contributed by atoms with van der Waals surface area (Å²) in [6, 6.07) is 8.78. The molecule has 0 amide bonds. The van der Waals surface area contributed by atoms with Crippen molar-refractivity contribution in [2.75, 3.05) is 26.2 Å². The summed E-state index contributed by atoms with van der Waals surface area (Å²) in [5.41, 5.74) is 9.04. The van der Waals surface area contributed by atoms with Crippen LogP contribution in [0.5, 0.6) is 0 Å². The molecule has 3 rings (SSSR count). The highest BCUT2D eigenvalue weighted by atomic mass is 15.1. The van der Waals surface area contributed by atoms with Gasteiger partial charge in [-0.1, -0.05) is 25.1 Å². The van der Waals surface area contributed by atoms with Crippen molar-refractivity contribution in [2.24, 2.45) is 11.7 Å². The third-order valence-electron chi connectivity index (χ3n) is 5.46. The quantitative estimate of drug-likeness (QED) is 0.917. The molecule has 1 aliphatic rings. The van der Waals surface area contributed by atoms with Gasteiger partial charge in [0.2, 0.25) is 0 Å². The van der Waals surface area contributed by atoms with Crippen molar-refractivity contribution < 1.29 is 0 Å². The summed E-state index contributed by atoms with van der Waals surface area (Å²) in [5, 5.41) is 1.40. The van der Waals surface area contributed by atoms with E-state index in [4.69, 9.17) is 5.73 Å². The Morgan fingerprint density at radius 2 is 1.86 bits per heavy atom. The second-order valence-corrected chi connectivity index (χ2v) is 6.50. The number of para-hydroxylation sites is 1. The third kappa shape index (κ3) is 2.80. The maximum atomic E-state index is 6.22. The number of hydrogen-bond acceptors (Lipinski definition) is 2. The van der Waals surface area contributed by atoms with Gasteiger partial charge in [0.1, 0.15) is 0 Å². The number of nitrogens with zero attached hydrogens (tertiary/aromatic N) is 2. The number of aromatic nitrogens is 1. The number of likely N-dealkylation sites (tertiary alicyclic amines) is 1. The molecule has 1 aromatic carbocycles. The van der Waals surface area contributed by atoms with E-state index >= 15 is 0 Å². The van der Waals surface area contributed by atoms with Crippen LogP contribution in [0.25, 0.3) is 10.9 Å². The zero-order chi connectivity index (χ0) is 15.5. The molecule has 0 saturated carbocycles. The Morgan fingerprint density at radius 3 is 2.50 bits per heavy atom. The topological polar surface area (TPSA) is 34.2 Å². The van der Waals surface area contributed by atoms with E-state index in [9.17, 15) is 0 Å². The maximum Gasteiger partial charge on any atom is 0.0483 e. The minimum Gasteiger partial charge on any atom is -0.347 e. The first-order valence-electron chi connectivity index (χ1n) is 8.78. The minimum absolute atomic E-state index is 0.497. The van der Waals surface area contributed by atoms with E-state index in [-0.39, 0.29) is 0 Å². The van der Waals surface area contributed by atoms with Crippen LogP contribution in [0.1, 0.15) is 38.2 Å². The highest BCUT2D eigenvalue weighted by Crippen LogP contribution is 2.36. The van der Waals surface area contributed by atoms with Crippen LogP contribution in [0.15, 0.2) is 30.5 Å². The van der Waals surface area contributed by atoms with Gasteiger partial charge in [0, 0.05) is 29.6 Å². The number of rotatable bonds is 5. The van der Waals surface area contributed by atoms with Gasteiger partial charge in [0.25, 0.3) is 0 Å². The van der Waals surface area contributed by atoms with Crippen molar-refractivity contribution in [3.05, 3.63) is 36.0 Å². The predicted molar refractivity (Wildman–Crippen MR) is 94.2 cm³/mol. The number of piperidine rings is 1. The molecule has 0 bridgehead atoms. The highest BCUT2D eigenvalue weighted by molar-refractivity contribution is 5.84. The molecule has 2 aromatic rings. The lowest BCUT2D eigenvalue weighted by atomic mass is 9.80. The van der Waals surface area contributed by atoms with Crippen molar-refractivity contribution >= 4 is 10.9 Å². The fraction of sp³-hybridized carbons (Fsp3) is 0.579. The van der Waals surface area contributed by atoms with Crippen molar-refractivity contribution in [1.29, 1.82) is 0 Å². The van der Waals surface area contributed by atoms with E-state index in [1.807, 2.05) is 0 Å². The van der Waals surface area contributed by atoms with Gasteiger partial charge in [-0.2, -0.15) is 0 Å². The second kappa shape index (κ2) is 6.84. The third-order valence-corrected chi connectivity index (χ3v) is 5.46. The molecule has 2 N–H and O–H groups in total. The first-order valence-corrected chi connectivity index (χ1v) is 8.78. The monoisotopic (exact) mass is 299 g/mol. The van der Waals surface area contributed by atoms with Crippen LogP contribution in [0.2, 0.25) is 0 Å². The molecule has 1 aliphatic heterocycles. The fourth-order valence-corrected chi connectivity index (χ4v) is 4.08. The van der Waals surface area contributed by atoms with Gasteiger partial charge < -0.3 is 15.2 Å². The molecule has 3 nitrogen and oxygen atoms in total. The van der Waals surface area contributed by atoms with Crippen LogP contribution in [0.3, 0.4) is 0 Å². The first-order chi connectivity index (χ1) is 10.8. The van der Waals surface area contributed by atoms with Crippen molar-refractivity contribution in [3.8, 4) is 0 Å². The minimum atomic E-state index is 0.497. The molecule has 0 radical (unpaired) electrons. The van der Waals surface area contributed by atoms with Gasteiger partial charge in [0.05, 0.1) is 0 Å². The first kappa shape index (κ1) is 15.6. The summed E-state index contributed by atoms with van der Waals surface area (Å²) in [6.45, 7) is 9.88. The zero-order valence-corrected chi connectivity index (χ0v) is 14.0. The van der Waals surface area contributed by atoms with Crippen LogP contribution in [0, 0.1) is 5.92 Å². The van der Waals surface area contributed by atoms with Crippen LogP contribution in [-0.2, 0) is 6.54 Å². The van der Waals surface area contributed by atoms with E-state index in [1.165, 1.54) is 48.9 Å². The van der Waals surface area contributed by atoms with Crippen molar-refractivity contribution in [2.45, 2.75) is 39.2 Å². The Morgan fingerprint density at radius 1 is 1.14 bits per heavy atom. The summed E-state index contributed by atoms with van der Waals surface area (Å²) in [6.07, 6.45) is 4.91. The molecule has 1 saturated heterocycles. The van der Waals surface area contributed by atoms with Gasteiger partial charge in [-0.3, -0.25) is 0 Å². The molecular weight excluding hydrogens is 270 g/mol. The second-order valence-electron chi connectivity index (χ2n) is 6.50. The number of fused-ring (bicyclic) bond motifs is 1. The molecule has 1 aromatic heterocycles. The van der Waals surface area contributed by atoms with Gasteiger partial charge in [-0.05, 0) is 63.5 Å². The lowest BCUT2D eigenvalue weighted by Gasteiger charge is -2.35. The Labute approximate surface area is 134 Å². The van der Waals surface area contributed by atoms with Gasteiger partial charge in [-0.25, -0.2) is 0 Å². The Bertz CT molecular complexity index is 608. The molecule has 0 aliphatic carbocycles. The van der Waals surface area contributed by atoms with E-state index in [1.54, 1.807) is 0 Å². The Hall–Kier alpha value is -1.32.